The first-order valence-corrected chi connectivity index (χ1v) is 8.73. The highest BCUT2D eigenvalue weighted by Crippen LogP contribution is 2.50. The molecule has 0 N–H and O–H groups in total. The van der Waals surface area contributed by atoms with Gasteiger partial charge < -0.3 is 4.52 Å². The summed E-state index contributed by atoms with van der Waals surface area (Å²) in [4.78, 5) is 10.1. The average Bonchev–Trinajstić information content (AvgIpc) is 2.26. The van der Waals surface area contributed by atoms with Gasteiger partial charge in [-0.15, -0.1) is 0 Å². The molecule has 0 aliphatic carbocycles. The molecule has 0 aromatic heterocycles. The van der Waals surface area contributed by atoms with E-state index in [-0.39, 0.29) is 17.5 Å². The number of hydrogen-bond acceptors (Lipinski definition) is 4. The van der Waals surface area contributed by atoms with Crippen molar-refractivity contribution in [2.45, 2.75) is 27.7 Å². The van der Waals surface area contributed by atoms with E-state index in [1.165, 1.54) is 24.3 Å². The third-order valence-electron chi connectivity index (χ3n) is 2.61. The minimum atomic E-state index is -2.76. The number of rotatable bonds is 7. The van der Waals surface area contributed by atoms with E-state index in [0.29, 0.717) is 18.1 Å². The number of benzene rings is 1. The molecule has 0 bridgehead atoms. The standard InChI is InChI=1S/C14H22NO4P/c1-11(2)9-20(18,10-12(3)4)19-14-7-5-13(6-8-14)15(16)17/h5-8,11-12H,9-10H2,1-4H3. The van der Waals surface area contributed by atoms with Crippen LogP contribution in [0.2, 0.25) is 0 Å². The molecule has 0 unspecified atom stereocenters. The second kappa shape index (κ2) is 6.89. The van der Waals surface area contributed by atoms with Crippen molar-refractivity contribution in [1.29, 1.82) is 0 Å². The molecule has 5 nitrogen and oxygen atoms in total. The van der Waals surface area contributed by atoms with E-state index in [1.807, 2.05) is 27.7 Å². The summed E-state index contributed by atoms with van der Waals surface area (Å²) in [5.74, 6) is 0.982. The van der Waals surface area contributed by atoms with Crippen LogP contribution in [0.5, 0.6) is 5.75 Å². The van der Waals surface area contributed by atoms with E-state index in [9.17, 15) is 14.7 Å². The summed E-state index contributed by atoms with van der Waals surface area (Å²) < 4.78 is 18.6. The molecule has 20 heavy (non-hydrogen) atoms. The summed E-state index contributed by atoms with van der Waals surface area (Å²) in [5, 5.41) is 10.6. The van der Waals surface area contributed by atoms with Crippen LogP contribution in [0.15, 0.2) is 24.3 Å². The van der Waals surface area contributed by atoms with Gasteiger partial charge in [-0.05, 0) is 24.0 Å². The van der Waals surface area contributed by atoms with E-state index >= 15 is 0 Å². The largest absolute Gasteiger partial charge is 0.443 e. The Morgan fingerprint density at radius 1 is 1.10 bits per heavy atom. The van der Waals surface area contributed by atoms with Gasteiger partial charge in [-0.1, -0.05) is 27.7 Å². The SMILES string of the molecule is CC(C)CP(=O)(CC(C)C)Oc1ccc([N+](=O)[O-])cc1. The second-order valence-corrected chi connectivity index (χ2v) is 8.35. The van der Waals surface area contributed by atoms with Crippen molar-refractivity contribution in [2.24, 2.45) is 11.8 Å². The fourth-order valence-corrected chi connectivity index (χ4v) is 5.11. The molecule has 0 aliphatic heterocycles. The van der Waals surface area contributed by atoms with Gasteiger partial charge in [0.05, 0.1) is 4.92 Å². The maximum atomic E-state index is 12.9. The van der Waals surface area contributed by atoms with Crippen molar-refractivity contribution in [3.8, 4) is 5.75 Å². The summed E-state index contributed by atoms with van der Waals surface area (Å²) in [6.45, 7) is 8.02. The lowest BCUT2D eigenvalue weighted by molar-refractivity contribution is -0.384. The van der Waals surface area contributed by atoms with E-state index in [0.717, 1.165) is 0 Å². The van der Waals surface area contributed by atoms with Gasteiger partial charge >= 0.3 is 0 Å². The lowest BCUT2D eigenvalue weighted by Crippen LogP contribution is -2.10. The maximum Gasteiger partial charge on any atom is 0.269 e. The highest BCUT2D eigenvalue weighted by atomic mass is 31.2. The van der Waals surface area contributed by atoms with Gasteiger partial charge in [0.2, 0.25) is 7.37 Å². The molecule has 1 aromatic carbocycles. The highest BCUT2D eigenvalue weighted by molar-refractivity contribution is 7.59. The van der Waals surface area contributed by atoms with E-state index in [1.54, 1.807) is 0 Å². The summed E-state index contributed by atoms with van der Waals surface area (Å²) in [7, 11) is -2.76. The Bertz CT molecular complexity index is 482. The number of nitrogens with zero attached hydrogens (tertiary/aromatic N) is 1. The molecule has 0 saturated carbocycles. The third kappa shape index (κ3) is 5.33. The molecule has 1 rings (SSSR count). The Labute approximate surface area is 119 Å². The quantitative estimate of drug-likeness (QED) is 0.420. The average molecular weight is 299 g/mol. The zero-order valence-electron chi connectivity index (χ0n) is 12.4. The Morgan fingerprint density at radius 3 is 1.90 bits per heavy atom. The molecule has 0 amide bonds. The highest BCUT2D eigenvalue weighted by Gasteiger charge is 2.27. The fraction of sp³-hybridized carbons (Fsp3) is 0.571. The van der Waals surface area contributed by atoms with Crippen molar-refractivity contribution >= 4 is 13.1 Å². The fourth-order valence-electron chi connectivity index (χ4n) is 2.08. The molecule has 112 valence electrons. The molecule has 0 spiro atoms. The zero-order valence-corrected chi connectivity index (χ0v) is 13.3. The van der Waals surface area contributed by atoms with E-state index in [2.05, 4.69) is 0 Å². The van der Waals surface area contributed by atoms with Crippen LogP contribution in [0.1, 0.15) is 27.7 Å². The summed E-state index contributed by atoms with van der Waals surface area (Å²) in [5.41, 5.74) is -0.0000912. The van der Waals surface area contributed by atoms with Crippen LogP contribution in [-0.2, 0) is 4.57 Å². The van der Waals surface area contributed by atoms with Crippen LogP contribution in [0.25, 0.3) is 0 Å². The number of non-ortho nitro benzene ring substituents is 1. The van der Waals surface area contributed by atoms with Crippen LogP contribution in [0, 0.1) is 22.0 Å². The van der Waals surface area contributed by atoms with Crippen LogP contribution >= 0.6 is 7.37 Å². The van der Waals surface area contributed by atoms with Crippen molar-refractivity contribution < 1.29 is 14.0 Å². The Balaban J connectivity index is 2.89. The van der Waals surface area contributed by atoms with Crippen LogP contribution in [0.3, 0.4) is 0 Å². The van der Waals surface area contributed by atoms with Crippen LogP contribution in [-0.4, -0.2) is 17.2 Å². The molecule has 0 saturated heterocycles. The summed E-state index contributed by atoms with van der Waals surface area (Å²) in [6.07, 6.45) is 1.03. The molecule has 0 radical (unpaired) electrons. The zero-order chi connectivity index (χ0) is 15.3. The molecule has 0 fully saturated rings. The van der Waals surface area contributed by atoms with Crippen molar-refractivity contribution in [3.05, 3.63) is 34.4 Å². The van der Waals surface area contributed by atoms with Crippen LogP contribution < -0.4 is 4.52 Å². The Morgan fingerprint density at radius 2 is 1.55 bits per heavy atom. The topological polar surface area (TPSA) is 69.4 Å². The first-order valence-electron chi connectivity index (χ1n) is 6.74. The van der Waals surface area contributed by atoms with Gasteiger partial charge in [-0.25, -0.2) is 0 Å². The van der Waals surface area contributed by atoms with Crippen LogP contribution in [0.4, 0.5) is 5.69 Å². The normalized spacial score (nSPS) is 11.9. The smallest absolute Gasteiger partial charge is 0.269 e. The van der Waals surface area contributed by atoms with Gasteiger partial charge in [-0.3, -0.25) is 14.7 Å². The molecule has 0 atom stereocenters. The number of hydrogen-bond donors (Lipinski definition) is 0. The monoisotopic (exact) mass is 299 g/mol. The molecule has 6 heteroatoms. The lowest BCUT2D eigenvalue weighted by atomic mass is 10.3. The predicted octanol–water partition coefficient (Wildman–Crippen LogP) is 4.56. The Kier molecular flexibility index (Phi) is 5.75. The van der Waals surface area contributed by atoms with Gasteiger partial charge in [0.15, 0.2) is 0 Å². The first-order chi connectivity index (χ1) is 9.22. The van der Waals surface area contributed by atoms with Gasteiger partial charge in [0.25, 0.3) is 5.69 Å². The molecule has 0 heterocycles. The van der Waals surface area contributed by atoms with Crippen molar-refractivity contribution in [2.75, 3.05) is 12.3 Å². The third-order valence-corrected chi connectivity index (χ3v) is 5.72. The number of nitro groups is 1. The second-order valence-electron chi connectivity index (χ2n) is 5.81. The summed E-state index contributed by atoms with van der Waals surface area (Å²) >= 11 is 0. The molecule has 1 aromatic rings. The van der Waals surface area contributed by atoms with E-state index in [4.69, 9.17) is 4.52 Å². The molecular formula is C14H22NO4P. The van der Waals surface area contributed by atoms with Crippen molar-refractivity contribution in [1.82, 2.24) is 0 Å². The first kappa shape index (κ1) is 16.7. The minimum Gasteiger partial charge on any atom is -0.443 e. The molecule has 0 aliphatic rings. The van der Waals surface area contributed by atoms with Crippen molar-refractivity contribution in [3.63, 3.8) is 0 Å². The number of nitro benzene ring substituents is 1. The van der Waals surface area contributed by atoms with Gasteiger partial charge in [0.1, 0.15) is 5.75 Å². The molecular weight excluding hydrogens is 277 g/mol. The van der Waals surface area contributed by atoms with E-state index < -0.39 is 12.3 Å². The summed E-state index contributed by atoms with van der Waals surface area (Å²) in [6, 6.07) is 5.74. The minimum absolute atomic E-state index is 0.0000912. The predicted molar refractivity (Wildman–Crippen MR) is 80.7 cm³/mol. The Hall–Kier alpha value is -1.35. The van der Waals surface area contributed by atoms with Gasteiger partial charge in [-0.2, -0.15) is 0 Å². The maximum absolute atomic E-state index is 12.9. The van der Waals surface area contributed by atoms with Gasteiger partial charge in [0, 0.05) is 24.5 Å². The lowest BCUT2D eigenvalue weighted by Gasteiger charge is -2.23.